The Balaban J connectivity index is 3.23. The zero-order valence-electron chi connectivity index (χ0n) is 11.2. The van der Waals surface area contributed by atoms with Crippen LogP contribution in [0.15, 0.2) is 12.1 Å². The standard InChI is InChI=1S/C12H14FNO6/c1-7(6-18-2)20-11-4-8(12(15)19-3)9(13)5-10(11)14(16)17/h4-5,7H,6H2,1-3H3. The molecule has 20 heavy (non-hydrogen) atoms. The Morgan fingerprint density at radius 3 is 2.60 bits per heavy atom. The van der Waals surface area contributed by atoms with Crippen LogP contribution in [-0.4, -0.2) is 37.8 Å². The SMILES string of the molecule is COCC(C)Oc1cc(C(=O)OC)c(F)cc1[N+](=O)[O-]. The summed E-state index contributed by atoms with van der Waals surface area (Å²) in [4.78, 5) is 21.4. The van der Waals surface area contributed by atoms with E-state index in [9.17, 15) is 19.3 Å². The van der Waals surface area contributed by atoms with Crippen LogP contribution in [0.5, 0.6) is 5.75 Å². The van der Waals surface area contributed by atoms with Crippen LogP contribution in [0.1, 0.15) is 17.3 Å². The summed E-state index contributed by atoms with van der Waals surface area (Å²) in [7, 11) is 2.52. The van der Waals surface area contributed by atoms with Crippen LogP contribution in [0.25, 0.3) is 0 Å². The van der Waals surface area contributed by atoms with Gasteiger partial charge in [-0.15, -0.1) is 0 Å². The van der Waals surface area contributed by atoms with Gasteiger partial charge in [0.25, 0.3) is 0 Å². The van der Waals surface area contributed by atoms with E-state index >= 15 is 0 Å². The van der Waals surface area contributed by atoms with Crippen LogP contribution < -0.4 is 4.74 Å². The zero-order valence-corrected chi connectivity index (χ0v) is 11.2. The summed E-state index contributed by atoms with van der Waals surface area (Å²) in [6.45, 7) is 1.80. The molecule has 0 N–H and O–H groups in total. The lowest BCUT2D eigenvalue weighted by atomic mass is 10.1. The smallest absolute Gasteiger partial charge is 0.340 e. The Kier molecular flexibility index (Phi) is 5.39. The molecule has 0 aliphatic carbocycles. The molecule has 0 spiro atoms. The molecule has 0 heterocycles. The fourth-order valence-electron chi connectivity index (χ4n) is 1.53. The van der Waals surface area contributed by atoms with Crippen LogP contribution in [-0.2, 0) is 9.47 Å². The van der Waals surface area contributed by atoms with Crippen LogP contribution in [0.4, 0.5) is 10.1 Å². The Labute approximate surface area is 114 Å². The molecule has 0 saturated heterocycles. The number of rotatable bonds is 6. The van der Waals surface area contributed by atoms with Gasteiger partial charge in [-0.1, -0.05) is 0 Å². The summed E-state index contributed by atoms with van der Waals surface area (Å²) in [5.74, 6) is -2.21. The minimum Gasteiger partial charge on any atom is -0.481 e. The largest absolute Gasteiger partial charge is 0.481 e. The maximum Gasteiger partial charge on any atom is 0.340 e. The number of nitro groups is 1. The van der Waals surface area contributed by atoms with Gasteiger partial charge in [-0.05, 0) is 6.92 Å². The van der Waals surface area contributed by atoms with Gasteiger partial charge in [-0.25, -0.2) is 9.18 Å². The van der Waals surface area contributed by atoms with Gasteiger partial charge in [0.05, 0.1) is 30.3 Å². The van der Waals surface area contributed by atoms with Crippen molar-refractivity contribution in [2.45, 2.75) is 13.0 Å². The second-order valence-corrected chi connectivity index (χ2v) is 3.93. The van der Waals surface area contributed by atoms with E-state index < -0.39 is 34.1 Å². The number of carbonyl (C=O) groups excluding carboxylic acids is 1. The van der Waals surface area contributed by atoms with E-state index in [0.29, 0.717) is 6.07 Å². The van der Waals surface area contributed by atoms with E-state index in [4.69, 9.17) is 9.47 Å². The Hall–Kier alpha value is -2.22. The van der Waals surface area contributed by atoms with Gasteiger partial charge >= 0.3 is 11.7 Å². The van der Waals surface area contributed by atoms with Crippen LogP contribution in [0, 0.1) is 15.9 Å². The minimum atomic E-state index is -1.05. The molecule has 0 aromatic heterocycles. The van der Waals surface area contributed by atoms with Gasteiger partial charge in [0, 0.05) is 13.2 Å². The van der Waals surface area contributed by atoms with Crippen LogP contribution in [0.2, 0.25) is 0 Å². The quantitative estimate of drug-likeness (QED) is 0.451. The number of nitrogens with zero attached hydrogens (tertiary/aromatic N) is 1. The van der Waals surface area contributed by atoms with Crippen molar-refractivity contribution >= 4 is 11.7 Å². The highest BCUT2D eigenvalue weighted by Gasteiger charge is 2.24. The normalized spacial score (nSPS) is 11.8. The highest BCUT2D eigenvalue weighted by atomic mass is 19.1. The maximum absolute atomic E-state index is 13.6. The van der Waals surface area contributed by atoms with Gasteiger partial charge in [0.1, 0.15) is 11.9 Å². The number of carbonyl (C=O) groups is 1. The second kappa shape index (κ2) is 6.80. The van der Waals surface area contributed by atoms with Crippen molar-refractivity contribution in [3.63, 3.8) is 0 Å². The molecular formula is C12H14FNO6. The van der Waals surface area contributed by atoms with E-state index in [1.54, 1.807) is 6.92 Å². The fourth-order valence-corrected chi connectivity index (χ4v) is 1.53. The molecule has 0 saturated carbocycles. The molecule has 0 aliphatic rings. The van der Waals surface area contributed by atoms with Gasteiger partial charge in [-0.3, -0.25) is 10.1 Å². The zero-order chi connectivity index (χ0) is 15.3. The summed E-state index contributed by atoms with van der Waals surface area (Å²) >= 11 is 0. The van der Waals surface area contributed by atoms with Gasteiger partial charge in [-0.2, -0.15) is 0 Å². The fraction of sp³-hybridized carbons (Fsp3) is 0.417. The van der Waals surface area contributed by atoms with Crippen molar-refractivity contribution in [2.24, 2.45) is 0 Å². The lowest BCUT2D eigenvalue weighted by Gasteiger charge is -2.14. The predicted octanol–water partition coefficient (Wildman–Crippen LogP) is 1.93. The third kappa shape index (κ3) is 3.64. The maximum atomic E-state index is 13.6. The molecule has 0 radical (unpaired) electrons. The molecule has 1 rings (SSSR count). The number of halogens is 1. The molecule has 1 aromatic carbocycles. The lowest BCUT2D eigenvalue weighted by molar-refractivity contribution is -0.386. The first kappa shape index (κ1) is 15.8. The van der Waals surface area contributed by atoms with Gasteiger partial charge in [0.2, 0.25) is 0 Å². The average Bonchev–Trinajstić information content (AvgIpc) is 2.39. The van der Waals surface area contributed by atoms with E-state index in [2.05, 4.69) is 4.74 Å². The summed E-state index contributed by atoms with van der Waals surface area (Å²) < 4.78 is 28.2. The molecule has 1 unspecified atom stereocenters. The van der Waals surface area contributed by atoms with E-state index in [0.717, 1.165) is 13.2 Å². The first-order valence-corrected chi connectivity index (χ1v) is 5.62. The van der Waals surface area contributed by atoms with E-state index in [1.807, 2.05) is 0 Å². The Morgan fingerprint density at radius 2 is 2.10 bits per heavy atom. The molecule has 7 nitrogen and oxygen atoms in total. The lowest BCUT2D eigenvalue weighted by Crippen LogP contribution is -2.19. The monoisotopic (exact) mass is 287 g/mol. The first-order chi connectivity index (χ1) is 9.40. The van der Waals surface area contributed by atoms with Gasteiger partial charge in [0.15, 0.2) is 5.75 Å². The van der Waals surface area contributed by atoms with Gasteiger partial charge < -0.3 is 14.2 Å². The number of benzene rings is 1. The number of ether oxygens (including phenoxy) is 3. The molecule has 1 atom stereocenters. The van der Waals surface area contributed by atoms with Crippen molar-refractivity contribution in [1.29, 1.82) is 0 Å². The van der Waals surface area contributed by atoms with E-state index in [-0.39, 0.29) is 12.4 Å². The summed E-state index contributed by atoms with van der Waals surface area (Å²) in [6.07, 6.45) is -0.505. The third-order valence-electron chi connectivity index (χ3n) is 2.38. The molecule has 0 fully saturated rings. The molecule has 1 aromatic rings. The van der Waals surface area contributed by atoms with Crippen LogP contribution in [0.3, 0.4) is 0 Å². The number of esters is 1. The number of hydrogen-bond donors (Lipinski definition) is 0. The number of nitro benzene ring substituents is 1. The van der Waals surface area contributed by atoms with E-state index in [1.165, 1.54) is 7.11 Å². The summed E-state index contributed by atoms with van der Waals surface area (Å²) in [6, 6.07) is 1.58. The second-order valence-electron chi connectivity index (χ2n) is 3.93. The molecule has 0 amide bonds. The summed E-state index contributed by atoms with van der Waals surface area (Å²) in [5, 5.41) is 10.9. The highest BCUT2D eigenvalue weighted by Crippen LogP contribution is 2.31. The number of hydrogen-bond acceptors (Lipinski definition) is 6. The molecule has 110 valence electrons. The number of methoxy groups -OCH3 is 2. The Bertz CT molecular complexity index is 519. The topological polar surface area (TPSA) is 87.9 Å². The third-order valence-corrected chi connectivity index (χ3v) is 2.38. The van der Waals surface area contributed by atoms with Crippen molar-refractivity contribution < 1.29 is 28.3 Å². The Morgan fingerprint density at radius 1 is 1.45 bits per heavy atom. The highest BCUT2D eigenvalue weighted by molar-refractivity contribution is 5.90. The molecule has 0 bridgehead atoms. The molecule has 8 heteroatoms. The van der Waals surface area contributed by atoms with Crippen molar-refractivity contribution in [1.82, 2.24) is 0 Å². The summed E-state index contributed by atoms with van der Waals surface area (Å²) in [5.41, 5.74) is -1.00. The van der Waals surface area contributed by atoms with Crippen molar-refractivity contribution in [2.75, 3.05) is 20.8 Å². The predicted molar refractivity (Wildman–Crippen MR) is 66.4 cm³/mol. The molecule has 0 aliphatic heterocycles. The van der Waals surface area contributed by atoms with Crippen molar-refractivity contribution in [3.05, 3.63) is 33.6 Å². The van der Waals surface area contributed by atoms with Crippen LogP contribution >= 0.6 is 0 Å². The minimum absolute atomic E-state index is 0.183. The average molecular weight is 287 g/mol. The molecular weight excluding hydrogens is 273 g/mol. The first-order valence-electron chi connectivity index (χ1n) is 5.62. The van der Waals surface area contributed by atoms with Crippen molar-refractivity contribution in [3.8, 4) is 5.75 Å².